The molecule has 0 fully saturated rings. The van der Waals surface area contributed by atoms with E-state index in [-0.39, 0.29) is 84.5 Å². The molecule has 0 bridgehead atoms. The molecule has 0 spiro atoms. The summed E-state index contributed by atoms with van der Waals surface area (Å²) in [6, 6.07) is 10.8. The number of rotatable bonds is 5. The minimum atomic E-state index is -4.35. The number of ketones is 1. The quantitative estimate of drug-likeness (QED) is 0.483. The van der Waals surface area contributed by atoms with Crippen LogP contribution in [0.15, 0.2) is 57.3 Å². The molecular weight excluding hydrogens is 542 g/mol. The summed E-state index contributed by atoms with van der Waals surface area (Å²) in [6.07, 6.45) is 2.10. The van der Waals surface area contributed by atoms with Crippen molar-refractivity contribution in [2.75, 3.05) is 16.3 Å². The Labute approximate surface area is 260 Å². The fraction of sp³-hybridized carbons (Fsp3) is 0.360. The first-order chi connectivity index (χ1) is 16.5. The third kappa shape index (κ3) is 6.05. The van der Waals surface area contributed by atoms with Gasteiger partial charge in [-0.05, 0) is 54.5 Å². The predicted octanol–water partition coefficient (Wildman–Crippen LogP) is 0.0131. The maximum absolute atomic E-state index is 13.9. The third-order valence-electron chi connectivity index (χ3n) is 6.36. The summed E-state index contributed by atoms with van der Waals surface area (Å²) in [5, 5.41) is 16.3. The molecule has 9 nitrogen and oxygen atoms in total. The van der Waals surface area contributed by atoms with Crippen LogP contribution in [0, 0.1) is 5.41 Å². The van der Waals surface area contributed by atoms with Gasteiger partial charge in [-0.1, -0.05) is 50.8 Å². The Morgan fingerprint density at radius 2 is 1.78 bits per heavy atom. The van der Waals surface area contributed by atoms with Crippen LogP contribution in [0.1, 0.15) is 51.7 Å². The average molecular weight is 570 g/mol. The zero-order valence-corrected chi connectivity index (χ0v) is 26.4. The standard InChI is InChI=1S/C25H29N3O6S2.K/c1-24(2,3)12-13-25(4)17-9-7-6-8-16(17)21(29)20(22(25)30)23-26-18-11-10-15(27-35(5,31)32)14-19(18)36(33,34)28-23;/h6-11,14,27,29H,12-13H2,1-5H3,(H,26,28);/q;+1/p-1/t25-;/m1./s1. The van der Waals surface area contributed by atoms with Gasteiger partial charge < -0.3 is 10.4 Å². The summed E-state index contributed by atoms with van der Waals surface area (Å²) in [6.45, 7) is 7.97. The van der Waals surface area contributed by atoms with E-state index in [9.17, 15) is 26.7 Å². The number of sulfonamides is 2. The molecule has 2 N–H and O–H groups in total. The van der Waals surface area contributed by atoms with Crippen molar-refractivity contribution in [3.8, 4) is 0 Å². The summed E-state index contributed by atoms with van der Waals surface area (Å²) in [5.41, 5.74) is -0.347. The Balaban J connectivity index is 0.00000380. The van der Waals surface area contributed by atoms with Crippen LogP contribution < -0.4 is 66.5 Å². The molecule has 4 rings (SSSR count). The number of nitrogens with zero attached hydrogens (tertiary/aromatic N) is 1. The normalized spacial score (nSPS) is 20.7. The molecule has 0 aromatic heterocycles. The number of hydrogen-bond acceptors (Lipinski definition) is 7. The van der Waals surface area contributed by atoms with Crippen molar-refractivity contribution in [2.24, 2.45) is 9.81 Å². The first-order valence-corrected chi connectivity index (χ1v) is 14.7. The van der Waals surface area contributed by atoms with E-state index in [1.807, 2.05) is 0 Å². The molecule has 2 aromatic rings. The van der Waals surface area contributed by atoms with Gasteiger partial charge in [0.2, 0.25) is 10.0 Å². The molecule has 192 valence electrons. The maximum Gasteiger partial charge on any atom is 1.00 e. The zero-order chi connectivity index (χ0) is 26.7. The summed E-state index contributed by atoms with van der Waals surface area (Å²) in [5.74, 6) is -1.42. The Bertz CT molecular complexity index is 1560. The SMILES string of the molecule is CC(C)(C)CC[C@@]1(C)C(=O)C(C2=NS(=O)(=O)c3cc(NS(C)(=O)=O)ccc3N2)=C([O-])c2ccccc21.[K+]. The zero-order valence-electron chi connectivity index (χ0n) is 21.7. The molecule has 2 aliphatic rings. The van der Waals surface area contributed by atoms with Gasteiger partial charge in [0.15, 0.2) is 11.6 Å². The summed E-state index contributed by atoms with van der Waals surface area (Å²) in [4.78, 5) is 13.6. The molecule has 0 unspecified atom stereocenters. The number of amidine groups is 1. The molecule has 2 aromatic carbocycles. The molecule has 0 saturated carbocycles. The molecule has 12 heteroatoms. The minimum Gasteiger partial charge on any atom is -0.871 e. The van der Waals surface area contributed by atoms with Gasteiger partial charge >= 0.3 is 51.4 Å². The number of anilines is 2. The largest absolute Gasteiger partial charge is 1.00 e. The second-order valence-electron chi connectivity index (χ2n) is 10.6. The molecule has 37 heavy (non-hydrogen) atoms. The van der Waals surface area contributed by atoms with Gasteiger partial charge in [0.25, 0.3) is 10.0 Å². The van der Waals surface area contributed by atoms with Crippen LogP contribution >= 0.6 is 0 Å². The molecule has 1 aliphatic heterocycles. The molecule has 0 radical (unpaired) electrons. The van der Waals surface area contributed by atoms with Crippen molar-refractivity contribution in [1.29, 1.82) is 0 Å². The topological polar surface area (TPSA) is 145 Å². The van der Waals surface area contributed by atoms with Gasteiger partial charge in [0.1, 0.15) is 4.90 Å². The van der Waals surface area contributed by atoms with Gasteiger partial charge in [-0.25, -0.2) is 8.42 Å². The summed E-state index contributed by atoms with van der Waals surface area (Å²) in [7, 11) is -7.99. The van der Waals surface area contributed by atoms with E-state index in [0.717, 1.165) is 12.3 Å². The van der Waals surface area contributed by atoms with Gasteiger partial charge in [0.05, 0.1) is 22.9 Å². The Morgan fingerprint density at radius 1 is 1.14 bits per heavy atom. The second kappa shape index (κ2) is 10.2. The van der Waals surface area contributed by atoms with Gasteiger partial charge in [0, 0.05) is 5.69 Å². The van der Waals surface area contributed by atoms with E-state index in [0.29, 0.717) is 24.0 Å². The monoisotopic (exact) mass is 569 g/mol. The van der Waals surface area contributed by atoms with E-state index < -0.39 is 37.0 Å². The van der Waals surface area contributed by atoms with E-state index in [1.54, 1.807) is 31.2 Å². The van der Waals surface area contributed by atoms with Crippen molar-refractivity contribution >= 4 is 48.8 Å². The van der Waals surface area contributed by atoms with Gasteiger partial charge in [-0.2, -0.15) is 8.42 Å². The number of hydrogen-bond donors (Lipinski definition) is 2. The van der Waals surface area contributed by atoms with Gasteiger partial charge in [-0.3, -0.25) is 9.52 Å². The number of nitrogens with one attached hydrogen (secondary N) is 2. The Morgan fingerprint density at radius 3 is 2.41 bits per heavy atom. The number of fused-ring (bicyclic) bond motifs is 2. The Kier molecular flexibility index (Phi) is 8.28. The molecule has 1 heterocycles. The fourth-order valence-corrected chi connectivity index (χ4v) is 6.13. The van der Waals surface area contributed by atoms with Crippen LogP contribution in [0.5, 0.6) is 0 Å². The minimum absolute atomic E-state index is 0. The number of benzene rings is 2. The van der Waals surface area contributed by atoms with Crippen molar-refractivity contribution in [3.05, 3.63) is 59.2 Å². The van der Waals surface area contributed by atoms with Crippen molar-refractivity contribution in [2.45, 2.75) is 50.8 Å². The molecule has 1 aliphatic carbocycles. The van der Waals surface area contributed by atoms with E-state index in [1.165, 1.54) is 12.1 Å². The fourth-order valence-electron chi connectivity index (χ4n) is 4.43. The van der Waals surface area contributed by atoms with E-state index in [2.05, 4.69) is 35.2 Å². The summed E-state index contributed by atoms with van der Waals surface area (Å²) >= 11 is 0. The molecule has 0 amide bonds. The molecule has 0 saturated heterocycles. The first-order valence-electron chi connectivity index (χ1n) is 11.3. The van der Waals surface area contributed by atoms with Crippen molar-refractivity contribution in [3.63, 3.8) is 0 Å². The van der Waals surface area contributed by atoms with Gasteiger partial charge in [-0.15, -0.1) is 4.40 Å². The van der Waals surface area contributed by atoms with Crippen LogP contribution in [0.4, 0.5) is 11.4 Å². The third-order valence-corrected chi connectivity index (χ3v) is 8.28. The van der Waals surface area contributed by atoms with Crippen LogP contribution in [0.3, 0.4) is 0 Å². The number of carbonyl (C=O) groups excluding carboxylic acids is 1. The first kappa shape index (κ1) is 30.0. The molecule has 1 atom stereocenters. The predicted molar refractivity (Wildman–Crippen MR) is 138 cm³/mol. The molecular formula is C25H28KN3O6S2. The van der Waals surface area contributed by atoms with Crippen LogP contribution in [-0.4, -0.2) is 34.7 Å². The maximum atomic E-state index is 13.9. The summed E-state index contributed by atoms with van der Waals surface area (Å²) < 4.78 is 55.3. The Hall–Kier alpha value is -1.54. The number of Topliss-reactive ketones (excluding diaryl/α,β-unsaturated/α-hetero) is 1. The van der Waals surface area contributed by atoms with Crippen LogP contribution in [-0.2, 0) is 30.3 Å². The average Bonchev–Trinajstić information content (AvgIpc) is 2.75. The van der Waals surface area contributed by atoms with Crippen LogP contribution in [0.2, 0.25) is 0 Å². The van der Waals surface area contributed by atoms with Crippen molar-refractivity contribution < 1.29 is 78.1 Å². The smallest absolute Gasteiger partial charge is 0.871 e. The second-order valence-corrected chi connectivity index (χ2v) is 13.9. The van der Waals surface area contributed by atoms with E-state index >= 15 is 0 Å². The number of carbonyl (C=O) groups is 1. The van der Waals surface area contributed by atoms with E-state index in [4.69, 9.17) is 0 Å². The van der Waals surface area contributed by atoms with Crippen LogP contribution in [0.25, 0.3) is 5.76 Å². The van der Waals surface area contributed by atoms with Crippen molar-refractivity contribution in [1.82, 2.24) is 0 Å².